The van der Waals surface area contributed by atoms with Gasteiger partial charge < -0.3 is 14.7 Å². The number of aromatic nitrogens is 2. The van der Waals surface area contributed by atoms with E-state index in [0.717, 1.165) is 17.1 Å². The average Bonchev–Trinajstić information content (AvgIpc) is 2.72. The summed E-state index contributed by atoms with van der Waals surface area (Å²) in [5.41, 5.74) is 1.16. The first-order chi connectivity index (χ1) is 6.36. The van der Waals surface area contributed by atoms with E-state index in [0.29, 0.717) is 6.54 Å². The lowest BCUT2D eigenvalue weighted by Gasteiger charge is -2.00. The van der Waals surface area contributed by atoms with E-state index in [4.69, 9.17) is 4.42 Å². The van der Waals surface area contributed by atoms with Gasteiger partial charge in [0.15, 0.2) is 0 Å². The number of H-pyrrole nitrogens is 1. The summed E-state index contributed by atoms with van der Waals surface area (Å²) in [6.07, 6.45) is 5.06. The van der Waals surface area contributed by atoms with Crippen LogP contribution in [0.15, 0.2) is 29.3 Å². The summed E-state index contributed by atoms with van der Waals surface area (Å²) in [7, 11) is 0. The van der Waals surface area contributed by atoms with Gasteiger partial charge in [-0.2, -0.15) is 0 Å². The predicted octanol–water partition coefficient (Wildman–Crippen LogP) is 1.92. The van der Waals surface area contributed by atoms with Crippen molar-refractivity contribution in [3.05, 3.63) is 36.2 Å². The second kappa shape index (κ2) is 3.35. The van der Waals surface area contributed by atoms with Gasteiger partial charge in [-0.3, -0.25) is 0 Å². The molecule has 13 heavy (non-hydrogen) atoms. The standard InChI is InChI=1S/C9H11N3O/c1-7-2-3-13-8(7)4-11-9-5-10-6-12-9/h2-3,5-6,11H,4H2,1H3,(H,10,12). The van der Waals surface area contributed by atoms with Crippen LogP contribution in [0.2, 0.25) is 0 Å². The average molecular weight is 177 g/mol. The van der Waals surface area contributed by atoms with E-state index < -0.39 is 0 Å². The number of rotatable bonds is 3. The Morgan fingerprint density at radius 1 is 1.62 bits per heavy atom. The first-order valence-corrected chi connectivity index (χ1v) is 4.11. The first-order valence-electron chi connectivity index (χ1n) is 4.11. The van der Waals surface area contributed by atoms with Gasteiger partial charge in [0.25, 0.3) is 0 Å². The molecule has 0 aliphatic heterocycles. The number of nitrogens with zero attached hydrogens (tertiary/aromatic N) is 1. The van der Waals surface area contributed by atoms with Gasteiger partial charge in [-0.15, -0.1) is 0 Å². The molecule has 0 atom stereocenters. The van der Waals surface area contributed by atoms with E-state index in [1.165, 1.54) is 0 Å². The molecule has 0 fully saturated rings. The first kappa shape index (κ1) is 7.91. The maximum atomic E-state index is 5.27. The lowest BCUT2D eigenvalue weighted by atomic mass is 10.3. The van der Waals surface area contributed by atoms with Gasteiger partial charge in [-0.1, -0.05) is 0 Å². The lowest BCUT2D eigenvalue weighted by Crippen LogP contribution is -1.99. The number of nitrogens with one attached hydrogen (secondary N) is 2. The number of imidazole rings is 1. The molecule has 68 valence electrons. The lowest BCUT2D eigenvalue weighted by molar-refractivity contribution is 0.515. The molecular formula is C9H11N3O. The Labute approximate surface area is 76.0 Å². The molecule has 0 saturated heterocycles. The fourth-order valence-corrected chi connectivity index (χ4v) is 1.11. The molecular weight excluding hydrogens is 166 g/mol. The van der Waals surface area contributed by atoms with E-state index >= 15 is 0 Å². The third-order valence-corrected chi connectivity index (χ3v) is 1.91. The van der Waals surface area contributed by atoms with Crippen molar-refractivity contribution in [3.8, 4) is 0 Å². The van der Waals surface area contributed by atoms with Crippen molar-refractivity contribution >= 4 is 5.82 Å². The maximum absolute atomic E-state index is 5.27. The molecule has 0 amide bonds. The van der Waals surface area contributed by atoms with Crippen LogP contribution >= 0.6 is 0 Å². The zero-order valence-electron chi connectivity index (χ0n) is 7.37. The Bertz CT molecular complexity index is 364. The molecule has 2 N–H and O–H groups in total. The van der Waals surface area contributed by atoms with Gasteiger partial charge in [0.05, 0.1) is 25.3 Å². The minimum atomic E-state index is 0.682. The smallest absolute Gasteiger partial charge is 0.125 e. The number of aryl methyl sites for hydroxylation is 1. The van der Waals surface area contributed by atoms with Crippen LogP contribution in [-0.2, 0) is 6.54 Å². The molecule has 0 unspecified atom stereocenters. The minimum absolute atomic E-state index is 0.682. The van der Waals surface area contributed by atoms with Crippen LogP contribution in [0.3, 0.4) is 0 Å². The Hall–Kier alpha value is -1.71. The fourth-order valence-electron chi connectivity index (χ4n) is 1.11. The van der Waals surface area contributed by atoms with E-state index in [2.05, 4.69) is 15.3 Å². The van der Waals surface area contributed by atoms with Crippen molar-refractivity contribution < 1.29 is 4.42 Å². The Balaban J connectivity index is 1.97. The van der Waals surface area contributed by atoms with Gasteiger partial charge in [-0.25, -0.2) is 4.98 Å². The maximum Gasteiger partial charge on any atom is 0.125 e. The van der Waals surface area contributed by atoms with Crippen LogP contribution in [0.5, 0.6) is 0 Å². The SMILES string of the molecule is Cc1ccoc1CNc1cnc[nH]1. The summed E-state index contributed by atoms with van der Waals surface area (Å²) >= 11 is 0. The van der Waals surface area contributed by atoms with Gasteiger partial charge >= 0.3 is 0 Å². The molecule has 0 aliphatic carbocycles. The van der Waals surface area contributed by atoms with E-state index in [-0.39, 0.29) is 0 Å². The van der Waals surface area contributed by atoms with E-state index in [1.807, 2.05) is 13.0 Å². The van der Waals surface area contributed by atoms with Crippen molar-refractivity contribution in [2.75, 3.05) is 5.32 Å². The summed E-state index contributed by atoms with van der Waals surface area (Å²) in [6.45, 7) is 2.70. The highest BCUT2D eigenvalue weighted by atomic mass is 16.3. The summed E-state index contributed by atoms with van der Waals surface area (Å²) in [5, 5.41) is 3.16. The van der Waals surface area contributed by atoms with Crippen LogP contribution in [0.4, 0.5) is 5.82 Å². The van der Waals surface area contributed by atoms with Crippen molar-refractivity contribution in [2.45, 2.75) is 13.5 Å². The molecule has 0 aliphatic rings. The molecule has 0 saturated carbocycles. The second-order valence-corrected chi connectivity index (χ2v) is 2.85. The molecule has 2 heterocycles. The van der Waals surface area contributed by atoms with Crippen LogP contribution < -0.4 is 5.32 Å². The number of anilines is 1. The predicted molar refractivity (Wildman–Crippen MR) is 49.4 cm³/mol. The van der Waals surface area contributed by atoms with Crippen LogP contribution in [0.25, 0.3) is 0 Å². The van der Waals surface area contributed by atoms with E-state index in [9.17, 15) is 0 Å². The highest BCUT2D eigenvalue weighted by molar-refractivity contribution is 5.31. The minimum Gasteiger partial charge on any atom is -0.467 e. The molecule has 0 spiro atoms. The Kier molecular flexibility index (Phi) is 2.04. The Morgan fingerprint density at radius 2 is 2.54 bits per heavy atom. The zero-order chi connectivity index (χ0) is 9.10. The van der Waals surface area contributed by atoms with Gasteiger partial charge in [0, 0.05) is 0 Å². The molecule has 0 radical (unpaired) electrons. The monoisotopic (exact) mass is 177 g/mol. The van der Waals surface area contributed by atoms with Gasteiger partial charge in [-0.05, 0) is 18.6 Å². The highest BCUT2D eigenvalue weighted by Crippen LogP contribution is 2.10. The number of furan rings is 1. The van der Waals surface area contributed by atoms with Gasteiger partial charge in [0.1, 0.15) is 11.6 Å². The Morgan fingerprint density at radius 3 is 3.15 bits per heavy atom. The molecule has 4 heteroatoms. The molecule has 2 rings (SSSR count). The van der Waals surface area contributed by atoms with Crippen molar-refractivity contribution in [1.82, 2.24) is 9.97 Å². The molecule has 0 bridgehead atoms. The molecule has 2 aromatic rings. The summed E-state index contributed by atoms with van der Waals surface area (Å²) in [6, 6.07) is 1.95. The highest BCUT2D eigenvalue weighted by Gasteiger charge is 2.00. The fraction of sp³-hybridized carbons (Fsp3) is 0.222. The quantitative estimate of drug-likeness (QED) is 0.753. The van der Waals surface area contributed by atoms with Crippen LogP contribution in [-0.4, -0.2) is 9.97 Å². The molecule has 2 aromatic heterocycles. The van der Waals surface area contributed by atoms with Crippen molar-refractivity contribution in [2.24, 2.45) is 0 Å². The van der Waals surface area contributed by atoms with E-state index in [1.54, 1.807) is 18.8 Å². The largest absolute Gasteiger partial charge is 0.467 e. The summed E-state index contributed by atoms with van der Waals surface area (Å²) in [4.78, 5) is 6.85. The third kappa shape index (κ3) is 1.72. The normalized spacial score (nSPS) is 10.2. The second-order valence-electron chi connectivity index (χ2n) is 2.85. The molecule has 0 aromatic carbocycles. The number of hydrogen-bond acceptors (Lipinski definition) is 3. The van der Waals surface area contributed by atoms with Crippen molar-refractivity contribution in [3.63, 3.8) is 0 Å². The topological polar surface area (TPSA) is 53.9 Å². The molecule has 4 nitrogen and oxygen atoms in total. The van der Waals surface area contributed by atoms with Crippen LogP contribution in [0, 0.1) is 6.92 Å². The van der Waals surface area contributed by atoms with Crippen molar-refractivity contribution in [1.29, 1.82) is 0 Å². The summed E-state index contributed by atoms with van der Waals surface area (Å²) in [5.74, 6) is 1.85. The third-order valence-electron chi connectivity index (χ3n) is 1.91. The summed E-state index contributed by atoms with van der Waals surface area (Å²) < 4.78 is 5.27. The number of hydrogen-bond donors (Lipinski definition) is 2. The number of aromatic amines is 1. The van der Waals surface area contributed by atoms with Gasteiger partial charge in [0.2, 0.25) is 0 Å². The van der Waals surface area contributed by atoms with Crippen LogP contribution in [0.1, 0.15) is 11.3 Å². The zero-order valence-corrected chi connectivity index (χ0v) is 7.37.